The molecule has 0 aromatic carbocycles. The second-order valence-electron chi connectivity index (χ2n) is 19.6. The number of allylic oxidation sites excluding steroid dienone is 4. The lowest BCUT2D eigenvalue weighted by molar-refractivity contribution is -0.167. The largest absolute Gasteiger partial charge is 0.462 e. The number of hydrogen-bond donors (Lipinski definition) is 0. The van der Waals surface area contributed by atoms with E-state index >= 15 is 0 Å². The van der Waals surface area contributed by atoms with Crippen LogP contribution in [0, 0.1) is 0 Å². The summed E-state index contributed by atoms with van der Waals surface area (Å²) in [7, 11) is 0. The summed E-state index contributed by atoms with van der Waals surface area (Å²) >= 11 is 0. The molecule has 1 unspecified atom stereocenters. The summed E-state index contributed by atoms with van der Waals surface area (Å²) in [6.45, 7) is 6.61. The fourth-order valence-electron chi connectivity index (χ4n) is 8.55. The molecule has 0 aromatic rings. The van der Waals surface area contributed by atoms with Gasteiger partial charge in [-0.2, -0.15) is 0 Å². The standard InChI is InChI=1S/C59H110O6/c1-4-7-10-13-16-18-20-22-24-26-27-28-29-30-31-32-33-34-36-37-39-41-43-46-49-52-58(61)64-55-56(54-63-57(60)51-48-45-15-12-9-6-3)65-59(62)53-50-47-44-42-40-38-35-25-23-21-19-17-14-11-8-5-2/h25-27,35,56H,4-24,28-34,36-55H2,1-3H3/b27-26-,35-25-. The Labute approximate surface area is 404 Å². The normalized spacial score (nSPS) is 12.1. The molecule has 0 amide bonds. The van der Waals surface area contributed by atoms with E-state index in [1.54, 1.807) is 0 Å². The van der Waals surface area contributed by atoms with Gasteiger partial charge in [-0.15, -0.1) is 0 Å². The molecule has 0 saturated heterocycles. The minimum absolute atomic E-state index is 0.0713. The highest BCUT2D eigenvalue weighted by molar-refractivity contribution is 5.71. The smallest absolute Gasteiger partial charge is 0.306 e. The van der Waals surface area contributed by atoms with E-state index in [2.05, 4.69) is 45.1 Å². The summed E-state index contributed by atoms with van der Waals surface area (Å²) in [6, 6.07) is 0. The molecule has 0 N–H and O–H groups in total. The first-order valence-corrected chi connectivity index (χ1v) is 28.8. The molecule has 0 aliphatic heterocycles. The van der Waals surface area contributed by atoms with E-state index in [-0.39, 0.29) is 31.1 Å². The third-order valence-electron chi connectivity index (χ3n) is 12.9. The van der Waals surface area contributed by atoms with Crippen LogP contribution in [0.2, 0.25) is 0 Å². The Morgan fingerprint density at radius 1 is 0.292 bits per heavy atom. The maximum Gasteiger partial charge on any atom is 0.306 e. The van der Waals surface area contributed by atoms with E-state index in [1.165, 1.54) is 212 Å². The van der Waals surface area contributed by atoms with Crippen molar-refractivity contribution in [2.24, 2.45) is 0 Å². The van der Waals surface area contributed by atoms with E-state index in [4.69, 9.17) is 14.2 Å². The van der Waals surface area contributed by atoms with Gasteiger partial charge in [0.2, 0.25) is 0 Å². The number of esters is 3. The quantitative estimate of drug-likeness (QED) is 0.0262. The van der Waals surface area contributed by atoms with Gasteiger partial charge in [0, 0.05) is 19.3 Å². The molecule has 0 heterocycles. The fraction of sp³-hybridized carbons (Fsp3) is 0.881. The van der Waals surface area contributed by atoms with Gasteiger partial charge in [-0.25, -0.2) is 0 Å². The average Bonchev–Trinajstić information content (AvgIpc) is 3.30. The van der Waals surface area contributed by atoms with Crippen molar-refractivity contribution in [1.82, 2.24) is 0 Å². The zero-order valence-electron chi connectivity index (χ0n) is 43.8. The first-order valence-electron chi connectivity index (χ1n) is 28.8. The van der Waals surface area contributed by atoms with Crippen LogP contribution in [0.25, 0.3) is 0 Å². The van der Waals surface area contributed by atoms with Crippen LogP contribution < -0.4 is 0 Å². The number of ether oxygens (including phenoxy) is 3. The first kappa shape index (κ1) is 62.9. The Morgan fingerprint density at radius 2 is 0.508 bits per heavy atom. The topological polar surface area (TPSA) is 78.9 Å². The molecule has 1 atom stereocenters. The van der Waals surface area contributed by atoms with Gasteiger partial charge in [0.05, 0.1) is 0 Å². The molecule has 0 rings (SSSR count). The van der Waals surface area contributed by atoms with Crippen LogP contribution in [0.3, 0.4) is 0 Å². The number of unbranched alkanes of at least 4 members (excludes halogenated alkanes) is 38. The third kappa shape index (κ3) is 52.7. The predicted octanol–water partition coefficient (Wildman–Crippen LogP) is 19.1. The first-order chi connectivity index (χ1) is 32.0. The molecular weight excluding hydrogens is 805 g/mol. The SMILES string of the molecule is CCCCCCCCC/C=C\CCCCCCCC(=O)OC(COC(=O)CCCCCCCC)COC(=O)CCCCCCCCCCCCCCC/C=C\CCCCCCCCCC. The molecule has 6 nitrogen and oxygen atoms in total. The molecule has 0 radical (unpaired) electrons. The predicted molar refractivity (Wildman–Crippen MR) is 279 cm³/mol. The van der Waals surface area contributed by atoms with E-state index in [0.29, 0.717) is 19.3 Å². The number of carbonyl (C=O) groups is 3. The lowest BCUT2D eigenvalue weighted by atomic mass is 10.0. The van der Waals surface area contributed by atoms with Crippen LogP contribution in [-0.2, 0) is 28.6 Å². The van der Waals surface area contributed by atoms with Crippen LogP contribution in [0.4, 0.5) is 0 Å². The highest BCUT2D eigenvalue weighted by Gasteiger charge is 2.19. The minimum Gasteiger partial charge on any atom is -0.462 e. The molecule has 382 valence electrons. The summed E-state index contributed by atoms with van der Waals surface area (Å²) in [5, 5.41) is 0. The van der Waals surface area contributed by atoms with E-state index in [9.17, 15) is 14.4 Å². The van der Waals surface area contributed by atoms with Gasteiger partial charge in [-0.3, -0.25) is 14.4 Å². The highest BCUT2D eigenvalue weighted by atomic mass is 16.6. The summed E-state index contributed by atoms with van der Waals surface area (Å²) in [4.78, 5) is 37.8. The van der Waals surface area contributed by atoms with Crippen molar-refractivity contribution in [1.29, 1.82) is 0 Å². The van der Waals surface area contributed by atoms with Gasteiger partial charge in [0.1, 0.15) is 13.2 Å². The second-order valence-corrected chi connectivity index (χ2v) is 19.6. The molecular formula is C59H110O6. The molecule has 65 heavy (non-hydrogen) atoms. The molecule has 0 fully saturated rings. The maximum atomic E-state index is 12.8. The number of rotatable bonds is 53. The monoisotopic (exact) mass is 915 g/mol. The highest BCUT2D eigenvalue weighted by Crippen LogP contribution is 2.16. The van der Waals surface area contributed by atoms with Crippen molar-refractivity contribution in [3.8, 4) is 0 Å². The summed E-state index contributed by atoms with van der Waals surface area (Å²) in [5.74, 6) is -0.874. The Morgan fingerprint density at radius 3 is 0.769 bits per heavy atom. The third-order valence-corrected chi connectivity index (χ3v) is 12.9. The van der Waals surface area contributed by atoms with Gasteiger partial charge < -0.3 is 14.2 Å². The van der Waals surface area contributed by atoms with E-state index < -0.39 is 6.10 Å². The second kappa shape index (κ2) is 54.5. The lowest BCUT2D eigenvalue weighted by Gasteiger charge is -2.18. The van der Waals surface area contributed by atoms with Gasteiger partial charge in [0.25, 0.3) is 0 Å². The van der Waals surface area contributed by atoms with E-state index in [0.717, 1.165) is 64.2 Å². The number of hydrogen-bond acceptors (Lipinski definition) is 6. The van der Waals surface area contributed by atoms with Crippen LogP contribution in [0.5, 0.6) is 0 Å². The maximum absolute atomic E-state index is 12.8. The van der Waals surface area contributed by atoms with Crippen LogP contribution in [0.15, 0.2) is 24.3 Å². The van der Waals surface area contributed by atoms with E-state index in [1.807, 2.05) is 0 Å². The molecule has 6 heteroatoms. The molecule has 0 aromatic heterocycles. The lowest BCUT2D eigenvalue weighted by Crippen LogP contribution is -2.30. The molecule has 0 bridgehead atoms. The summed E-state index contributed by atoms with van der Waals surface area (Å²) < 4.78 is 16.7. The van der Waals surface area contributed by atoms with Crippen molar-refractivity contribution in [2.45, 2.75) is 322 Å². The Bertz CT molecular complexity index is 1050. The van der Waals surface area contributed by atoms with Gasteiger partial charge in [-0.05, 0) is 70.6 Å². The Hall–Kier alpha value is -2.11. The van der Waals surface area contributed by atoms with Gasteiger partial charge in [0.15, 0.2) is 6.10 Å². The summed E-state index contributed by atoms with van der Waals surface area (Å²) in [6.07, 6.45) is 63.5. The van der Waals surface area contributed by atoms with Gasteiger partial charge >= 0.3 is 17.9 Å². The Balaban J connectivity index is 4.07. The molecule has 0 spiro atoms. The zero-order chi connectivity index (χ0) is 47.2. The summed E-state index contributed by atoms with van der Waals surface area (Å²) in [5.41, 5.74) is 0. The average molecular weight is 916 g/mol. The molecule has 0 aliphatic carbocycles. The minimum atomic E-state index is -0.769. The Kier molecular flexibility index (Phi) is 52.7. The van der Waals surface area contributed by atoms with Crippen LogP contribution >= 0.6 is 0 Å². The van der Waals surface area contributed by atoms with Crippen molar-refractivity contribution < 1.29 is 28.6 Å². The van der Waals surface area contributed by atoms with Crippen LogP contribution in [-0.4, -0.2) is 37.2 Å². The molecule has 0 saturated carbocycles. The van der Waals surface area contributed by atoms with Crippen molar-refractivity contribution in [2.75, 3.05) is 13.2 Å². The molecule has 0 aliphatic rings. The van der Waals surface area contributed by atoms with Crippen LogP contribution in [0.1, 0.15) is 316 Å². The fourth-order valence-corrected chi connectivity index (χ4v) is 8.55. The zero-order valence-corrected chi connectivity index (χ0v) is 43.8. The van der Waals surface area contributed by atoms with Crippen molar-refractivity contribution >= 4 is 17.9 Å². The number of carbonyl (C=O) groups excluding carboxylic acids is 3. The van der Waals surface area contributed by atoms with Crippen molar-refractivity contribution in [3.63, 3.8) is 0 Å². The van der Waals surface area contributed by atoms with Gasteiger partial charge in [-0.1, -0.05) is 251 Å². The van der Waals surface area contributed by atoms with Crippen molar-refractivity contribution in [3.05, 3.63) is 24.3 Å².